The summed E-state index contributed by atoms with van der Waals surface area (Å²) in [6, 6.07) is 5.96. The molecule has 0 aliphatic rings. The molecule has 94 valence electrons. The molecule has 1 heterocycles. The van der Waals surface area contributed by atoms with Crippen LogP contribution >= 0.6 is 0 Å². The number of anilines is 1. The van der Waals surface area contributed by atoms with Gasteiger partial charge in [-0.15, -0.1) is 0 Å². The lowest BCUT2D eigenvalue weighted by molar-refractivity contribution is -0.308. The average molecular weight is 246 g/mol. The lowest BCUT2D eigenvalue weighted by Crippen LogP contribution is -2.47. The summed E-state index contributed by atoms with van der Waals surface area (Å²) in [4.78, 5) is 19.0. The van der Waals surface area contributed by atoms with Crippen LogP contribution in [0.2, 0.25) is 0 Å². The number of rotatable bonds is 4. The van der Waals surface area contributed by atoms with E-state index in [1.165, 1.54) is 13.3 Å². The van der Waals surface area contributed by atoms with E-state index in [9.17, 15) is 15.0 Å². The summed E-state index contributed by atoms with van der Waals surface area (Å²) in [6.45, 7) is 1.37. The SMILES string of the molecule is C[C@H](O)[C@@H](Nc1ncnc2ccccc12)C(=O)[O-]. The first-order chi connectivity index (χ1) is 8.59. The largest absolute Gasteiger partial charge is 0.548 e. The number of para-hydroxylation sites is 1. The van der Waals surface area contributed by atoms with Gasteiger partial charge in [-0.3, -0.25) is 0 Å². The normalized spacial score (nSPS) is 14.1. The number of carboxylic acids is 1. The van der Waals surface area contributed by atoms with E-state index in [2.05, 4.69) is 15.3 Å². The van der Waals surface area contributed by atoms with Crippen LogP contribution in [0, 0.1) is 0 Å². The second kappa shape index (κ2) is 4.97. The van der Waals surface area contributed by atoms with Crippen molar-refractivity contribution in [2.24, 2.45) is 0 Å². The first kappa shape index (κ1) is 12.3. The van der Waals surface area contributed by atoms with Crippen molar-refractivity contribution in [3.05, 3.63) is 30.6 Å². The van der Waals surface area contributed by atoms with Crippen molar-refractivity contribution in [1.82, 2.24) is 9.97 Å². The second-order valence-corrected chi connectivity index (χ2v) is 3.92. The predicted molar refractivity (Wildman–Crippen MR) is 63.6 cm³/mol. The number of aliphatic carboxylic acids is 1. The van der Waals surface area contributed by atoms with Crippen LogP contribution in [0.3, 0.4) is 0 Å². The Balaban J connectivity index is 2.39. The van der Waals surface area contributed by atoms with Crippen molar-refractivity contribution in [1.29, 1.82) is 0 Å². The van der Waals surface area contributed by atoms with Crippen molar-refractivity contribution >= 4 is 22.7 Å². The highest BCUT2D eigenvalue weighted by atomic mass is 16.4. The number of aliphatic hydroxyl groups excluding tert-OH is 1. The number of nitrogens with zero attached hydrogens (tertiary/aromatic N) is 2. The van der Waals surface area contributed by atoms with Crippen molar-refractivity contribution in [3.8, 4) is 0 Å². The van der Waals surface area contributed by atoms with Crippen LogP contribution in [-0.2, 0) is 4.79 Å². The zero-order valence-corrected chi connectivity index (χ0v) is 9.70. The van der Waals surface area contributed by atoms with Gasteiger partial charge < -0.3 is 20.3 Å². The number of carbonyl (C=O) groups is 1. The van der Waals surface area contributed by atoms with Gasteiger partial charge in [0.2, 0.25) is 0 Å². The molecule has 0 saturated carbocycles. The molecule has 0 saturated heterocycles. The number of hydrogen-bond donors (Lipinski definition) is 2. The maximum Gasteiger partial charge on any atom is 0.137 e. The minimum atomic E-state index is -1.38. The molecule has 1 aromatic carbocycles. The van der Waals surface area contributed by atoms with Gasteiger partial charge in [-0.1, -0.05) is 12.1 Å². The lowest BCUT2D eigenvalue weighted by Gasteiger charge is -2.23. The number of benzene rings is 1. The Morgan fingerprint density at radius 2 is 2.11 bits per heavy atom. The fourth-order valence-corrected chi connectivity index (χ4v) is 1.64. The number of aliphatic hydroxyl groups is 1. The fourth-order valence-electron chi connectivity index (χ4n) is 1.64. The highest BCUT2D eigenvalue weighted by molar-refractivity contribution is 5.90. The Morgan fingerprint density at radius 3 is 2.78 bits per heavy atom. The first-order valence-electron chi connectivity index (χ1n) is 5.45. The Morgan fingerprint density at radius 1 is 1.39 bits per heavy atom. The van der Waals surface area contributed by atoms with Gasteiger partial charge in [-0.2, -0.15) is 0 Å². The number of fused-ring (bicyclic) bond motifs is 1. The van der Waals surface area contributed by atoms with Gasteiger partial charge in [0.15, 0.2) is 0 Å². The van der Waals surface area contributed by atoms with E-state index in [1.807, 2.05) is 6.07 Å². The van der Waals surface area contributed by atoms with E-state index in [0.29, 0.717) is 16.7 Å². The van der Waals surface area contributed by atoms with Crippen LogP contribution in [-0.4, -0.2) is 33.2 Å². The molecule has 1 aromatic heterocycles. The molecule has 2 aromatic rings. The van der Waals surface area contributed by atoms with Gasteiger partial charge >= 0.3 is 0 Å². The molecule has 0 unspecified atom stereocenters. The summed E-state index contributed by atoms with van der Waals surface area (Å²) in [5.74, 6) is -1.02. The average Bonchev–Trinajstić information content (AvgIpc) is 2.35. The molecule has 6 heteroatoms. The van der Waals surface area contributed by atoms with Crippen LogP contribution in [0.25, 0.3) is 10.9 Å². The maximum absolute atomic E-state index is 10.9. The standard InChI is InChI=1S/C12H13N3O3/c1-7(16)10(12(17)18)15-11-8-4-2-3-5-9(8)13-6-14-11/h2-7,10,16H,1H3,(H,17,18)(H,13,14,15)/p-1/t7-,10+/m0/s1. The van der Waals surface area contributed by atoms with Gasteiger partial charge in [0.05, 0.1) is 23.6 Å². The van der Waals surface area contributed by atoms with Gasteiger partial charge in [0.25, 0.3) is 0 Å². The Labute approximate surface area is 103 Å². The Bertz CT molecular complexity index is 566. The third-order valence-corrected chi connectivity index (χ3v) is 2.57. The molecule has 0 spiro atoms. The van der Waals surface area contributed by atoms with Crippen LogP contribution in [0.1, 0.15) is 6.92 Å². The van der Waals surface area contributed by atoms with Crippen molar-refractivity contribution in [2.45, 2.75) is 19.1 Å². The molecule has 0 radical (unpaired) electrons. The van der Waals surface area contributed by atoms with Crippen molar-refractivity contribution in [2.75, 3.05) is 5.32 Å². The van der Waals surface area contributed by atoms with Gasteiger partial charge in [0, 0.05) is 5.39 Å². The lowest BCUT2D eigenvalue weighted by atomic mass is 10.1. The van der Waals surface area contributed by atoms with Crippen LogP contribution in [0.15, 0.2) is 30.6 Å². The summed E-state index contributed by atoms with van der Waals surface area (Å²) < 4.78 is 0. The highest BCUT2D eigenvalue weighted by Gasteiger charge is 2.17. The Hall–Kier alpha value is -2.21. The van der Waals surface area contributed by atoms with Crippen LogP contribution < -0.4 is 10.4 Å². The minimum Gasteiger partial charge on any atom is -0.548 e. The first-order valence-corrected chi connectivity index (χ1v) is 5.45. The Kier molecular flexibility index (Phi) is 3.38. The third kappa shape index (κ3) is 2.38. The van der Waals surface area contributed by atoms with E-state index < -0.39 is 18.1 Å². The van der Waals surface area contributed by atoms with E-state index >= 15 is 0 Å². The van der Waals surface area contributed by atoms with Gasteiger partial charge in [-0.25, -0.2) is 9.97 Å². The second-order valence-electron chi connectivity index (χ2n) is 3.92. The molecular formula is C12H12N3O3-. The quantitative estimate of drug-likeness (QED) is 0.757. The molecule has 2 atom stereocenters. The molecule has 0 amide bonds. The summed E-state index contributed by atoms with van der Waals surface area (Å²) >= 11 is 0. The molecule has 18 heavy (non-hydrogen) atoms. The summed E-state index contributed by atoms with van der Waals surface area (Å²) in [5.41, 5.74) is 0.692. The number of hydrogen-bond acceptors (Lipinski definition) is 6. The summed E-state index contributed by atoms with van der Waals surface area (Å²) in [5, 5.41) is 23.6. The zero-order chi connectivity index (χ0) is 13.1. The molecular weight excluding hydrogens is 234 g/mol. The van der Waals surface area contributed by atoms with Crippen LogP contribution in [0.5, 0.6) is 0 Å². The third-order valence-electron chi connectivity index (χ3n) is 2.57. The number of nitrogens with one attached hydrogen (secondary N) is 1. The van der Waals surface area contributed by atoms with E-state index in [1.54, 1.807) is 18.2 Å². The topological polar surface area (TPSA) is 98.2 Å². The number of carboxylic acid groups (broad SMARTS) is 1. The molecule has 2 rings (SSSR count). The molecule has 0 fully saturated rings. The predicted octanol–water partition coefficient (Wildman–Crippen LogP) is -0.459. The highest BCUT2D eigenvalue weighted by Crippen LogP contribution is 2.19. The van der Waals surface area contributed by atoms with E-state index in [4.69, 9.17) is 0 Å². The maximum atomic E-state index is 10.9. The van der Waals surface area contributed by atoms with Crippen molar-refractivity contribution < 1.29 is 15.0 Å². The summed E-state index contributed by atoms with van der Waals surface area (Å²) in [6.07, 6.45) is 0.239. The summed E-state index contributed by atoms with van der Waals surface area (Å²) in [7, 11) is 0. The smallest absolute Gasteiger partial charge is 0.137 e. The fraction of sp³-hybridized carbons (Fsp3) is 0.250. The minimum absolute atomic E-state index is 0.357. The zero-order valence-electron chi connectivity index (χ0n) is 9.70. The number of aromatic nitrogens is 2. The molecule has 0 aliphatic heterocycles. The number of carbonyl (C=O) groups excluding carboxylic acids is 1. The van der Waals surface area contributed by atoms with E-state index in [0.717, 1.165) is 0 Å². The van der Waals surface area contributed by atoms with Crippen LogP contribution in [0.4, 0.5) is 5.82 Å². The molecule has 0 bridgehead atoms. The van der Waals surface area contributed by atoms with E-state index in [-0.39, 0.29) is 0 Å². The van der Waals surface area contributed by atoms with Gasteiger partial charge in [0.1, 0.15) is 12.1 Å². The van der Waals surface area contributed by atoms with Gasteiger partial charge in [-0.05, 0) is 19.1 Å². The molecule has 2 N–H and O–H groups in total. The van der Waals surface area contributed by atoms with Crippen molar-refractivity contribution in [3.63, 3.8) is 0 Å². The molecule has 0 aliphatic carbocycles. The molecule has 6 nitrogen and oxygen atoms in total. The monoisotopic (exact) mass is 246 g/mol.